The van der Waals surface area contributed by atoms with E-state index < -0.39 is 0 Å². The number of hydrogen-bond acceptors (Lipinski definition) is 3. The summed E-state index contributed by atoms with van der Waals surface area (Å²) in [6.45, 7) is 10.8. The second-order valence-corrected chi connectivity index (χ2v) is 8.72. The van der Waals surface area contributed by atoms with Gasteiger partial charge in [0, 0.05) is 43.4 Å². The third-order valence-corrected chi connectivity index (χ3v) is 5.88. The summed E-state index contributed by atoms with van der Waals surface area (Å²) in [5, 5.41) is 7.75. The maximum Gasteiger partial charge on any atom is 0.251 e. The van der Waals surface area contributed by atoms with Crippen LogP contribution in [0.25, 0.3) is 0 Å². The standard InChI is InChI=1S/C24H34N4O2/c1-17(2)16-28-19(4)22(18(3)26-28)10-11-23(29)27-14-12-21(13-15-27)25-24(30)20-8-6-5-7-9-20/h5-9,17,21H,10-16H2,1-4H3,(H,25,30). The van der Waals surface area contributed by atoms with Crippen molar-refractivity contribution in [1.29, 1.82) is 0 Å². The summed E-state index contributed by atoms with van der Waals surface area (Å²) in [6.07, 6.45) is 2.85. The first-order chi connectivity index (χ1) is 14.3. The second kappa shape index (κ2) is 9.92. The number of amides is 2. The first kappa shape index (κ1) is 22.1. The molecule has 3 rings (SSSR count). The van der Waals surface area contributed by atoms with Gasteiger partial charge in [-0.3, -0.25) is 14.3 Å². The Morgan fingerprint density at radius 1 is 1.13 bits per heavy atom. The minimum atomic E-state index is -0.0373. The van der Waals surface area contributed by atoms with Crippen molar-refractivity contribution in [3.8, 4) is 0 Å². The molecule has 162 valence electrons. The second-order valence-electron chi connectivity index (χ2n) is 8.72. The fraction of sp³-hybridized carbons (Fsp3) is 0.542. The third kappa shape index (κ3) is 5.49. The minimum Gasteiger partial charge on any atom is -0.349 e. The van der Waals surface area contributed by atoms with Gasteiger partial charge in [-0.2, -0.15) is 5.10 Å². The Morgan fingerprint density at radius 3 is 2.43 bits per heavy atom. The van der Waals surface area contributed by atoms with Crippen LogP contribution in [0.3, 0.4) is 0 Å². The molecular formula is C24H34N4O2. The van der Waals surface area contributed by atoms with Gasteiger partial charge in [0.15, 0.2) is 0 Å². The number of aryl methyl sites for hydroxylation is 1. The van der Waals surface area contributed by atoms with Crippen molar-refractivity contribution in [2.45, 2.75) is 66.0 Å². The predicted octanol–water partition coefficient (Wildman–Crippen LogP) is 3.51. The highest BCUT2D eigenvalue weighted by Gasteiger charge is 2.24. The Bertz CT molecular complexity index is 865. The Balaban J connectivity index is 1.47. The van der Waals surface area contributed by atoms with Crippen molar-refractivity contribution in [1.82, 2.24) is 20.0 Å². The van der Waals surface area contributed by atoms with Gasteiger partial charge in [0.2, 0.25) is 5.91 Å². The lowest BCUT2D eigenvalue weighted by molar-refractivity contribution is -0.132. The lowest BCUT2D eigenvalue weighted by atomic mass is 10.0. The molecule has 0 aliphatic carbocycles. The fourth-order valence-electron chi connectivity index (χ4n) is 4.14. The van der Waals surface area contributed by atoms with Crippen LogP contribution in [0.15, 0.2) is 30.3 Å². The van der Waals surface area contributed by atoms with Crippen LogP contribution in [0, 0.1) is 19.8 Å². The number of likely N-dealkylation sites (tertiary alicyclic amines) is 1. The highest BCUT2D eigenvalue weighted by atomic mass is 16.2. The number of hydrogen-bond donors (Lipinski definition) is 1. The van der Waals surface area contributed by atoms with Gasteiger partial charge in [-0.05, 0) is 56.7 Å². The average molecular weight is 411 g/mol. The lowest BCUT2D eigenvalue weighted by Gasteiger charge is -2.32. The van der Waals surface area contributed by atoms with Crippen LogP contribution in [0.5, 0.6) is 0 Å². The third-order valence-electron chi connectivity index (χ3n) is 5.88. The van der Waals surface area contributed by atoms with Crippen molar-refractivity contribution in [2.75, 3.05) is 13.1 Å². The van der Waals surface area contributed by atoms with Crippen molar-refractivity contribution in [3.05, 3.63) is 52.8 Å². The van der Waals surface area contributed by atoms with E-state index >= 15 is 0 Å². The summed E-state index contributed by atoms with van der Waals surface area (Å²) in [6, 6.07) is 9.40. The van der Waals surface area contributed by atoms with E-state index in [1.165, 1.54) is 11.3 Å². The Labute approximate surface area is 179 Å². The van der Waals surface area contributed by atoms with Crippen LogP contribution in [0.1, 0.15) is 60.4 Å². The largest absolute Gasteiger partial charge is 0.349 e. The van der Waals surface area contributed by atoms with E-state index in [0.717, 1.165) is 31.5 Å². The van der Waals surface area contributed by atoms with E-state index in [4.69, 9.17) is 0 Å². The Kier molecular flexibility index (Phi) is 7.29. The number of carbonyl (C=O) groups is 2. The van der Waals surface area contributed by atoms with Gasteiger partial charge >= 0.3 is 0 Å². The maximum atomic E-state index is 12.7. The fourth-order valence-corrected chi connectivity index (χ4v) is 4.14. The van der Waals surface area contributed by atoms with Gasteiger partial charge in [-0.15, -0.1) is 0 Å². The van der Waals surface area contributed by atoms with Crippen molar-refractivity contribution in [3.63, 3.8) is 0 Å². The molecule has 1 aliphatic rings. The van der Waals surface area contributed by atoms with Gasteiger partial charge in [-0.25, -0.2) is 0 Å². The number of aromatic nitrogens is 2. The Hall–Kier alpha value is -2.63. The molecule has 1 N–H and O–H groups in total. The number of rotatable bonds is 7. The molecule has 1 aromatic heterocycles. The Morgan fingerprint density at radius 2 is 1.80 bits per heavy atom. The molecule has 0 saturated carbocycles. The average Bonchev–Trinajstić information content (AvgIpc) is 2.99. The van der Waals surface area contributed by atoms with Gasteiger partial charge < -0.3 is 10.2 Å². The minimum absolute atomic E-state index is 0.0373. The molecule has 2 heterocycles. The van der Waals surface area contributed by atoms with Crippen LogP contribution < -0.4 is 5.32 Å². The molecule has 30 heavy (non-hydrogen) atoms. The summed E-state index contributed by atoms with van der Waals surface area (Å²) in [5.74, 6) is 0.698. The molecule has 0 spiro atoms. The van der Waals surface area contributed by atoms with Crippen LogP contribution >= 0.6 is 0 Å². The maximum absolute atomic E-state index is 12.7. The smallest absolute Gasteiger partial charge is 0.251 e. The summed E-state index contributed by atoms with van der Waals surface area (Å²) < 4.78 is 2.07. The van der Waals surface area contributed by atoms with Crippen molar-refractivity contribution < 1.29 is 9.59 Å². The number of nitrogens with zero attached hydrogens (tertiary/aromatic N) is 3. The first-order valence-electron chi connectivity index (χ1n) is 11.0. The monoisotopic (exact) mass is 410 g/mol. The van der Waals surface area contributed by atoms with Crippen LogP contribution in [0.2, 0.25) is 0 Å². The molecule has 2 aromatic rings. The summed E-state index contributed by atoms with van der Waals surface area (Å²) in [5.41, 5.74) is 4.09. The number of nitrogens with one attached hydrogen (secondary N) is 1. The molecule has 1 aliphatic heterocycles. The highest BCUT2D eigenvalue weighted by molar-refractivity contribution is 5.94. The van der Waals surface area contributed by atoms with E-state index in [1.807, 2.05) is 42.2 Å². The van der Waals surface area contributed by atoms with Crippen LogP contribution in [0.4, 0.5) is 0 Å². The van der Waals surface area contributed by atoms with Gasteiger partial charge in [-0.1, -0.05) is 32.0 Å². The van der Waals surface area contributed by atoms with E-state index in [0.29, 0.717) is 31.0 Å². The van der Waals surface area contributed by atoms with Crippen molar-refractivity contribution >= 4 is 11.8 Å². The molecule has 1 saturated heterocycles. The molecule has 0 atom stereocenters. The quantitative estimate of drug-likeness (QED) is 0.760. The lowest BCUT2D eigenvalue weighted by Crippen LogP contribution is -2.46. The van der Waals surface area contributed by atoms with E-state index in [2.05, 4.69) is 35.9 Å². The molecule has 6 nitrogen and oxygen atoms in total. The molecule has 1 aromatic carbocycles. The molecule has 0 bridgehead atoms. The molecule has 6 heteroatoms. The van der Waals surface area contributed by atoms with E-state index in [9.17, 15) is 9.59 Å². The summed E-state index contributed by atoms with van der Waals surface area (Å²) >= 11 is 0. The van der Waals surface area contributed by atoms with Gasteiger partial charge in [0.05, 0.1) is 5.69 Å². The zero-order valence-corrected chi connectivity index (χ0v) is 18.6. The number of piperidine rings is 1. The zero-order chi connectivity index (χ0) is 21.7. The normalized spacial score (nSPS) is 14.9. The van der Waals surface area contributed by atoms with E-state index in [-0.39, 0.29) is 17.9 Å². The van der Waals surface area contributed by atoms with Crippen molar-refractivity contribution in [2.24, 2.45) is 5.92 Å². The number of benzene rings is 1. The molecule has 0 unspecified atom stereocenters. The molecule has 0 radical (unpaired) electrons. The topological polar surface area (TPSA) is 67.2 Å². The SMILES string of the molecule is Cc1nn(CC(C)C)c(C)c1CCC(=O)N1CCC(NC(=O)c2ccccc2)CC1. The van der Waals surface area contributed by atoms with Crippen LogP contribution in [-0.4, -0.2) is 45.6 Å². The van der Waals surface area contributed by atoms with Crippen LogP contribution in [-0.2, 0) is 17.8 Å². The predicted molar refractivity (Wildman–Crippen MR) is 118 cm³/mol. The first-order valence-corrected chi connectivity index (χ1v) is 11.0. The van der Waals surface area contributed by atoms with Gasteiger partial charge in [0.1, 0.15) is 0 Å². The van der Waals surface area contributed by atoms with E-state index in [1.54, 1.807) is 0 Å². The summed E-state index contributed by atoms with van der Waals surface area (Å²) in [4.78, 5) is 27.0. The number of carbonyl (C=O) groups excluding carboxylic acids is 2. The summed E-state index contributed by atoms with van der Waals surface area (Å²) in [7, 11) is 0. The molecule has 1 fully saturated rings. The van der Waals surface area contributed by atoms with Gasteiger partial charge in [0.25, 0.3) is 5.91 Å². The molecular weight excluding hydrogens is 376 g/mol. The highest BCUT2D eigenvalue weighted by Crippen LogP contribution is 2.18. The zero-order valence-electron chi connectivity index (χ0n) is 18.6. The molecule has 2 amide bonds.